The van der Waals surface area contributed by atoms with Gasteiger partial charge in [-0.3, -0.25) is 5.32 Å². The van der Waals surface area contributed by atoms with Crippen molar-refractivity contribution in [2.75, 3.05) is 7.11 Å². The molecule has 1 aliphatic heterocycles. The van der Waals surface area contributed by atoms with Crippen LogP contribution in [0.1, 0.15) is 15.9 Å². The maximum absolute atomic E-state index is 11.3. The van der Waals surface area contributed by atoms with Crippen molar-refractivity contribution >= 4 is 41.5 Å². The Bertz CT molecular complexity index is 1570. The van der Waals surface area contributed by atoms with Crippen LogP contribution in [-0.2, 0) is 10.5 Å². The van der Waals surface area contributed by atoms with Gasteiger partial charge in [-0.1, -0.05) is 36.0 Å². The quantitative estimate of drug-likeness (QED) is 0.250. The summed E-state index contributed by atoms with van der Waals surface area (Å²) in [6.07, 6.45) is -1.94. The van der Waals surface area contributed by atoms with Crippen LogP contribution in [0, 0.1) is 0 Å². The number of carboxylic acids is 2. The highest BCUT2D eigenvalue weighted by Crippen LogP contribution is 2.39. The van der Waals surface area contributed by atoms with Crippen LogP contribution < -0.4 is 15.2 Å². The minimum Gasteiger partial charge on any atom is -0.542 e. The standard InChI is InChI=1S/C24H18N4O4S.C2HF3O2/c1-31-18-4-2-3-16(9-18)19-10-17(11-33-23-20-22(26-12-25-20)27-13-28-23)21(32-19)14-5-7-15(8-6-14)24(29)30;3-2(4,5)1(6)7/h2-10,12-13H,11H2,1H3,(H,29,30)(H,25,26,27,28);(H,6,7). The number of methoxy groups -OCH3 is 1. The summed E-state index contributed by atoms with van der Waals surface area (Å²) in [5.74, 6) is -0.475. The van der Waals surface area contributed by atoms with Gasteiger partial charge < -0.3 is 24.2 Å². The monoisotopic (exact) mass is 572 g/mol. The average molecular weight is 573 g/mol. The molecule has 0 aliphatic carbocycles. The van der Waals surface area contributed by atoms with Crippen molar-refractivity contribution in [3.8, 4) is 28.4 Å². The molecule has 0 radical (unpaired) electrons. The van der Waals surface area contributed by atoms with Crippen LogP contribution in [0.2, 0.25) is 0 Å². The van der Waals surface area contributed by atoms with Gasteiger partial charge in [-0.15, -0.1) is 0 Å². The van der Waals surface area contributed by atoms with Crippen molar-refractivity contribution in [1.29, 1.82) is 0 Å². The second kappa shape index (κ2) is 12.0. The lowest BCUT2D eigenvalue weighted by atomic mass is 10.1. The summed E-state index contributed by atoms with van der Waals surface area (Å²) in [4.78, 5) is 33.0. The number of quaternary nitrogens is 1. The lowest BCUT2D eigenvalue weighted by Crippen LogP contribution is -2.74. The van der Waals surface area contributed by atoms with E-state index in [-0.39, 0.29) is 5.56 Å². The summed E-state index contributed by atoms with van der Waals surface area (Å²) in [6.45, 7) is 0. The van der Waals surface area contributed by atoms with Crippen molar-refractivity contribution in [3.63, 3.8) is 0 Å². The van der Waals surface area contributed by atoms with Crippen molar-refractivity contribution in [3.05, 3.63) is 72.1 Å². The molecule has 3 heterocycles. The van der Waals surface area contributed by atoms with Gasteiger partial charge in [0.05, 0.1) is 12.7 Å². The molecule has 3 N–H and O–H groups in total. The zero-order valence-electron chi connectivity index (χ0n) is 20.5. The molecular weight excluding hydrogens is 553 g/mol. The third-order valence-corrected chi connectivity index (χ3v) is 6.43. The smallest absolute Gasteiger partial charge is 0.430 e. The number of benzene rings is 2. The maximum atomic E-state index is 11.3. The Kier molecular flexibility index (Phi) is 8.50. The zero-order chi connectivity index (χ0) is 28.9. The number of hydrogen-bond acceptors (Lipinski definition) is 9. The van der Waals surface area contributed by atoms with E-state index < -0.39 is 18.1 Å². The Morgan fingerprint density at radius 2 is 1.82 bits per heavy atom. The number of aromatic nitrogens is 2. The molecule has 2 aromatic heterocycles. The zero-order valence-corrected chi connectivity index (χ0v) is 21.3. The van der Waals surface area contributed by atoms with Gasteiger partial charge in [0, 0.05) is 22.4 Å². The SMILES string of the molecule is COc1cccc(-c2cc(CSc3ncnc4c3N=C[NH2+]4)c(-c3ccc(C(=O)O)cc3)o2)c1.O=C([O-])C(F)(F)F. The number of carbonyl (C=O) groups is 2. The molecule has 1 aliphatic rings. The first kappa shape index (κ1) is 28.3. The minimum atomic E-state index is -5.19. The Morgan fingerprint density at radius 1 is 1.10 bits per heavy atom. The number of aliphatic imine (C=N–C) groups is 1. The Balaban J connectivity index is 0.000000470. The van der Waals surface area contributed by atoms with Gasteiger partial charge in [-0.05, 0) is 30.3 Å². The Morgan fingerprint density at radius 3 is 2.48 bits per heavy atom. The molecule has 0 saturated heterocycles. The van der Waals surface area contributed by atoms with Gasteiger partial charge in [0.15, 0.2) is 12.0 Å². The lowest BCUT2D eigenvalue weighted by Gasteiger charge is -2.05. The minimum absolute atomic E-state index is 0.222. The van der Waals surface area contributed by atoms with Crippen LogP contribution in [0.3, 0.4) is 0 Å². The van der Waals surface area contributed by atoms with Crippen LogP contribution in [0.15, 0.2) is 75.4 Å². The van der Waals surface area contributed by atoms with E-state index in [4.69, 9.17) is 19.1 Å². The molecule has 4 aromatic rings. The molecular formula is C26H19F3N4O6S. The number of aliphatic carboxylic acids is 1. The predicted molar refractivity (Wildman–Crippen MR) is 135 cm³/mol. The average Bonchev–Trinajstić information content (AvgIpc) is 3.59. The molecule has 206 valence electrons. The van der Waals surface area contributed by atoms with Gasteiger partial charge in [0.25, 0.3) is 5.82 Å². The normalized spacial score (nSPS) is 11.9. The molecule has 5 rings (SSSR count). The highest BCUT2D eigenvalue weighted by atomic mass is 32.2. The summed E-state index contributed by atoms with van der Waals surface area (Å²) in [5.41, 5.74) is 3.63. The first-order valence-corrected chi connectivity index (χ1v) is 12.3. The fraction of sp³-hybridized carbons (Fsp3) is 0.115. The third kappa shape index (κ3) is 6.65. The molecule has 2 aromatic carbocycles. The number of furan rings is 1. The van der Waals surface area contributed by atoms with Gasteiger partial charge in [-0.2, -0.15) is 23.1 Å². The number of ether oxygens (including phenoxy) is 1. The van der Waals surface area contributed by atoms with E-state index in [0.717, 1.165) is 39.0 Å². The summed E-state index contributed by atoms with van der Waals surface area (Å²) < 4.78 is 43.2. The number of nitrogens with two attached hydrogens (primary N) is 1. The van der Waals surface area contributed by atoms with Crippen molar-refractivity contribution in [2.45, 2.75) is 17.0 Å². The van der Waals surface area contributed by atoms with Crippen LogP contribution in [0.5, 0.6) is 5.75 Å². The number of rotatable bonds is 7. The molecule has 0 amide bonds. The topological polar surface area (TPSA) is 155 Å². The number of aromatic carboxylic acids is 1. The summed E-state index contributed by atoms with van der Waals surface area (Å²) in [6, 6.07) is 16.3. The third-order valence-electron chi connectivity index (χ3n) is 5.41. The lowest BCUT2D eigenvalue weighted by molar-refractivity contribution is -0.432. The molecule has 10 nitrogen and oxygen atoms in total. The number of carboxylic acid groups (broad SMARTS) is 2. The highest BCUT2D eigenvalue weighted by molar-refractivity contribution is 7.98. The number of nitrogens with zero attached hydrogens (tertiary/aromatic N) is 3. The highest BCUT2D eigenvalue weighted by Gasteiger charge is 2.28. The molecule has 0 atom stereocenters. The summed E-state index contributed by atoms with van der Waals surface area (Å²) >= 11 is 1.55. The summed E-state index contributed by atoms with van der Waals surface area (Å²) in [5, 5.41) is 20.7. The number of hydrogen-bond donors (Lipinski definition) is 2. The maximum Gasteiger partial charge on any atom is 0.430 e. The van der Waals surface area contributed by atoms with E-state index in [1.165, 1.54) is 6.33 Å². The largest absolute Gasteiger partial charge is 0.542 e. The molecule has 0 unspecified atom stereocenters. The van der Waals surface area contributed by atoms with Crippen LogP contribution in [0.25, 0.3) is 22.6 Å². The van der Waals surface area contributed by atoms with Crippen molar-refractivity contribution in [2.24, 2.45) is 4.99 Å². The molecule has 40 heavy (non-hydrogen) atoms. The van der Waals surface area contributed by atoms with E-state index in [9.17, 15) is 23.1 Å². The van der Waals surface area contributed by atoms with E-state index in [0.29, 0.717) is 17.3 Å². The molecule has 0 fully saturated rings. The molecule has 0 bridgehead atoms. The second-order valence-electron chi connectivity index (χ2n) is 8.01. The van der Waals surface area contributed by atoms with E-state index in [1.807, 2.05) is 35.6 Å². The molecule has 0 spiro atoms. The molecule has 14 heteroatoms. The predicted octanol–water partition coefficient (Wildman–Crippen LogP) is 3.57. The van der Waals surface area contributed by atoms with Gasteiger partial charge in [0.1, 0.15) is 34.6 Å². The van der Waals surface area contributed by atoms with Gasteiger partial charge >= 0.3 is 12.1 Å². The molecule has 0 saturated carbocycles. The van der Waals surface area contributed by atoms with E-state index >= 15 is 0 Å². The number of fused-ring (bicyclic) bond motifs is 1. The number of carbonyl (C=O) groups excluding carboxylic acids is 1. The van der Waals surface area contributed by atoms with E-state index in [2.05, 4.69) is 15.0 Å². The fourth-order valence-corrected chi connectivity index (χ4v) is 4.44. The Hall–Kier alpha value is -4.69. The van der Waals surface area contributed by atoms with Crippen LogP contribution >= 0.6 is 11.8 Å². The van der Waals surface area contributed by atoms with Gasteiger partial charge in [-0.25, -0.2) is 9.78 Å². The van der Waals surface area contributed by atoms with Crippen LogP contribution in [-0.4, -0.2) is 46.6 Å². The van der Waals surface area contributed by atoms with Crippen molar-refractivity contribution in [1.82, 2.24) is 9.97 Å². The first-order valence-electron chi connectivity index (χ1n) is 11.3. The van der Waals surface area contributed by atoms with E-state index in [1.54, 1.807) is 49.5 Å². The first-order chi connectivity index (χ1) is 19.1. The summed E-state index contributed by atoms with van der Waals surface area (Å²) in [7, 11) is 1.62. The second-order valence-corrected chi connectivity index (χ2v) is 8.97. The van der Waals surface area contributed by atoms with Gasteiger partial charge in [0.2, 0.25) is 0 Å². The number of thioether (sulfide) groups is 1. The van der Waals surface area contributed by atoms with Crippen LogP contribution in [0.4, 0.5) is 24.7 Å². The van der Waals surface area contributed by atoms with Crippen molar-refractivity contribution < 1.29 is 47.4 Å². The number of halogens is 3. The Labute approximate surface area is 228 Å². The fourth-order valence-electron chi connectivity index (χ4n) is 3.52. The number of alkyl halides is 3.